The smallest absolute Gasteiger partial charge is 0.310 e. The number of unbranched alkanes of at least 4 members (excludes halogenated alkanes) is 2. The van der Waals surface area contributed by atoms with E-state index in [4.69, 9.17) is 9.05 Å². The Morgan fingerprint density at radius 2 is 1.25 bits per heavy atom. The summed E-state index contributed by atoms with van der Waals surface area (Å²) in [5, 5.41) is 0. The largest absolute Gasteiger partial charge is 1.00 e. The number of hydrogen-bond donors (Lipinski definition) is 0. The second-order valence-electron chi connectivity index (χ2n) is 5.71. The lowest BCUT2D eigenvalue weighted by atomic mass is 10.0. The first-order valence-electron chi connectivity index (χ1n) is 8.47. The predicted octanol–water partition coefficient (Wildman–Crippen LogP) is 5.95. The van der Waals surface area contributed by atoms with Gasteiger partial charge in [0.2, 0.25) is 0 Å². The van der Waals surface area contributed by atoms with Crippen LogP contribution in [0.2, 0.25) is 0 Å². The Hall–Kier alpha value is 0.150. The van der Waals surface area contributed by atoms with Crippen molar-refractivity contribution in [2.75, 3.05) is 13.2 Å². The average Bonchev–Trinajstić information content (AvgIpc) is 2.47. The summed E-state index contributed by atoms with van der Waals surface area (Å²) in [5.74, 6) is 1.05. The molecule has 0 saturated carbocycles. The van der Waals surface area contributed by atoms with E-state index >= 15 is 0 Å². The van der Waals surface area contributed by atoms with Crippen LogP contribution < -0.4 is 0 Å². The zero-order valence-electron chi connectivity index (χ0n) is 15.0. The molecular formula is C16H36O3P+. The van der Waals surface area contributed by atoms with E-state index in [9.17, 15) is 4.57 Å². The van der Waals surface area contributed by atoms with E-state index in [-0.39, 0.29) is 1.43 Å². The fraction of sp³-hybridized carbons (Fsp3) is 1.00. The first-order chi connectivity index (χ1) is 9.67. The van der Waals surface area contributed by atoms with Crippen LogP contribution in [0.5, 0.6) is 0 Å². The lowest BCUT2D eigenvalue weighted by Crippen LogP contribution is -2.08. The molecule has 0 aliphatic rings. The summed E-state index contributed by atoms with van der Waals surface area (Å²) in [4.78, 5) is 0. The summed E-state index contributed by atoms with van der Waals surface area (Å²) < 4.78 is 22.6. The molecule has 0 aromatic heterocycles. The van der Waals surface area contributed by atoms with E-state index in [1.807, 2.05) is 0 Å². The topological polar surface area (TPSA) is 35.5 Å². The third kappa shape index (κ3) is 10.9. The molecule has 122 valence electrons. The SMILES string of the molecule is CCCCC(CC)CO[PH](=O)OCC(CC)CCCC.[H+]. The molecule has 0 heterocycles. The zero-order chi connectivity index (χ0) is 15.2. The van der Waals surface area contributed by atoms with Crippen LogP contribution in [0.3, 0.4) is 0 Å². The molecule has 0 spiro atoms. The minimum absolute atomic E-state index is 0. The monoisotopic (exact) mass is 307 g/mol. The maximum Gasteiger partial charge on any atom is 1.00 e. The van der Waals surface area contributed by atoms with Gasteiger partial charge in [-0.3, -0.25) is 4.57 Å². The average molecular weight is 307 g/mol. The third-order valence-electron chi connectivity index (χ3n) is 3.96. The summed E-state index contributed by atoms with van der Waals surface area (Å²) in [5.41, 5.74) is 0. The maximum absolute atomic E-state index is 11.8. The summed E-state index contributed by atoms with van der Waals surface area (Å²) >= 11 is 0. The molecule has 0 amide bonds. The molecule has 0 fully saturated rings. The Balaban J connectivity index is 0. The van der Waals surface area contributed by atoms with Gasteiger partial charge in [-0.15, -0.1) is 0 Å². The Morgan fingerprint density at radius 1 is 0.850 bits per heavy atom. The van der Waals surface area contributed by atoms with Gasteiger partial charge in [0.25, 0.3) is 0 Å². The van der Waals surface area contributed by atoms with Crippen LogP contribution in [-0.2, 0) is 13.6 Å². The van der Waals surface area contributed by atoms with Gasteiger partial charge < -0.3 is 9.05 Å². The highest BCUT2D eigenvalue weighted by Crippen LogP contribution is 2.28. The van der Waals surface area contributed by atoms with Crippen molar-refractivity contribution >= 4 is 8.25 Å². The van der Waals surface area contributed by atoms with Crippen molar-refractivity contribution in [2.45, 2.75) is 79.1 Å². The summed E-state index contributed by atoms with van der Waals surface area (Å²) in [6.45, 7) is 9.89. The summed E-state index contributed by atoms with van der Waals surface area (Å²) in [6.07, 6.45) is 9.35. The molecule has 0 N–H and O–H groups in total. The van der Waals surface area contributed by atoms with Crippen molar-refractivity contribution in [3.05, 3.63) is 0 Å². The molecule has 2 unspecified atom stereocenters. The van der Waals surface area contributed by atoms with Crippen LogP contribution in [0.25, 0.3) is 0 Å². The van der Waals surface area contributed by atoms with Crippen molar-refractivity contribution < 1.29 is 15.0 Å². The Morgan fingerprint density at radius 3 is 1.55 bits per heavy atom. The number of rotatable bonds is 14. The van der Waals surface area contributed by atoms with Crippen LogP contribution in [0, 0.1) is 11.8 Å². The lowest BCUT2D eigenvalue weighted by molar-refractivity contribution is 0.167. The second-order valence-corrected chi connectivity index (χ2v) is 6.78. The van der Waals surface area contributed by atoms with Crippen LogP contribution in [0.15, 0.2) is 0 Å². The van der Waals surface area contributed by atoms with Gasteiger partial charge in [0.15, 0.2) is 0 Å². The maximum atomic E-state index is 11.8. The molecule has 0 aliphatic heterocycles. The summed E-state index contributed by atoms with van der Waals surface area (Å²) in [6, 6.07) is 0. The Labute approximate surface area is 128 Å². The highest BCUT2D eigenvalue weighted by molar-refractivity contribution is 7.33. The molecular weight excluding hydrogens is 271 g/mol. The van der Waals surface area contributed by atoms with E-state index in [0.29, 0.717) is 25.0 Å². The molecule has 0 aliphatic carbocycles. The molecule has 0 saturated heterocycles. The quantitative estimate of drug-likeness (QED) is 0.372. The molecule has 3 nitrogen and oxygen atoms in total. The number of hydrogen-bond acceptors (Lipinski definition) is 3. The van der Waals surface area contributed by atoms with E-state index in [1.165, 1.54) is 25.7 Å². The molecule has 0 rings (SSSR count). The fourth-order valence-electron chi connectivity index (χ4n) is 2.21. The molecule has 4 heteroatoms. The molecule has 0 radical (unpaired) electrons. The Bertz CT molecular complexity index is 218. The highest BCUT2D eigenvalue weighted by Gasteiger charge is 2.11. The first kappa shape index (κ1) is 20.1. The standard InChI is InChI=1S/C16H35O3P/c1-5-9-11-15(7-3)13-18-20(17)19-14-16(8-4)12-10-6-2/h15-16,20H,5-14H2,1-4H3/p+1. The highest BCUT2D eigenvalue weighted by atomic mass is 31.1. The third-order valence-corrected chi connectivity index (χ3v) is 4.77. The van der Waals surface area contributed by atoms with Gasteiger partial charge >= 0.3 is 9.68 Å². The molecule has 0 bridgehead atoms. The van der Waals surface area contributed by atoms with E-state index in [1.54, 1.807) is 0 Å². The Kier molecular flexibility index (Phi) is 14.2. The fourth-order valence-corrected chi connectivity index (χ4v) is 3.04. The van der Waals surface area contributed by atoms with Crippen molar-refractivity contribution in [1.29, 1.82) is 0 Å². The second kappa shape index (κ2) is 14.1. The van der Waals surface area contributed by atoms with Gasteiger partial charge in [0.1, 0.15) is 0 Å². The predicted molar refractivity (Wildman–Crippen MR) is 88.6 cm³/mol. The van der Waals surface area contributed by atoms with Crippen molar-refractivity contribution in [3.63, 3.8) is 0 Å². The lowest BCUT2D eigenvalue weighted by Gasteiger charge is -2.16. The minimum Gasteiger partial charge on any atom is -0.310 e. The van der Waals surface area contributed by atoms with Crippen LogP contribution in [0.4, 0.5) is 0 Å². The zero-order valence-corrected chi connectivity index (χ0v) is 15.0. The van der Waals surface area contributed by atoms with Crippen LogP contribution >= 0.6 is 8.25 Å². The van der Waals surface area contributed by atoms with E-state index in [0.717, 1.165) is 25.7 Å². The van der Waals surface area contributed by atoms with E-state index < -0.39 is 8.25 Å². The summed E-state index contributed by atoms with van der Waals surface area (Å²) in [7, 11) is -2.30. The van der Waals surface area contributed by atoms with E-state index in [2.05, 4.69) is 27.7 Å². The van der Waals surface area contributed by atoms with Gasteiger partial charge in [-0.1, -0.05) is 66.2 Å². The van der Waals surface area contributed by atoms with Crippen LogP contribution in [0.1, 0.15) is 80.5 Å². The van der Waals surface area contributed by atoms with Gasteiger partial charge in [-0.05, 0) is 24.7 Å². The van der Waals surface area contributed by atoms with Crippen LogP contribution in [-0.4, -0.2) is 13.2 Å². The molecule has 20 heavy (non-hydrogen) atoms. The van der Waals surface area contributed by atoms with Gasteiger partial charge in [-0.2, -0.15) is 0 Å². The van der Waals surface area contributed by atoms with Gasteiger partial charge in [0.05, 0.1) is 13.2 Å². The molecule has 0 aromatic rings. The van der Waals surface area contributed by atoms with Crippen molar-refractivity contribution in [2.24, 2.45) is 11.8 Å². The first-order valence-corrected chi connectivity index (χ1v) is 9.69. The van der Waals surface area contributed by atoms with Crippen molar-refractivity contribution in [1.82, 2.24) is 0 Å². The van der Waals surface area contributed by atoms with Crippen molar-refractivity contribution in [3.8, 4) is 0 Å². The molecule has 0 aromatic carbocycles. The molecule has 2 atom stereocenters. The minimum atomic E-state index is -2.30. The van der Waals surface area contributed by atoms with Gasteiger partial charge in [0, 0.05) is 0 Å². The normalized spacial score (nSPS) is 16.0. The van der Waals surface area contributed by atoms with Gasteiger partial charge in [-0.25, -0.2) is 0 Å².